The number of allylic oxidation sites excluding steroid dienone is 3. The largest absolute Gasteiger partial charge is 0.485 e. The van der Waals surface area contributed by atoms with E-state index in [1.807, 2.05) is 62.8 Å². The molecule has 0 saturated carbocycles. The highest BCUT2D eigenvalue weighted by molar-refractivity contribution is 6.43. The van der Waals surface area contributed by atoms with Crippen molar-refractivity contribution in [2.75, 3.05) is 27.3 Å². The van der Waals surface area contributed by atoms with Crippen molar-refractivity contribution in [3.63, 3.8) is 0 Å². The maximum absolute atomic E-state index is 15.5. The van der Waals surface area contributed by atoms with Gasteiger partial charge in [0, 0.05) is 30.4 Å². The van der Waals surface area contributed by atoms with Crippen molar-refractivity contribution in [2.24, 2.45) is 4.99 Å². The van der Waals surface area contributed by atoms with Crippen molar-refractivity contribution in [1.29, 1.82) is 0 Å². The summed E-state index contributed by atoms with van der Waals surface area (Å²) in [5, 5.41) is 0. The molecule has 0 spiro atoms. The highest BCUT2D eigenvalue weighted by Crippen LogP contribution is 2.35. The second kappa shape index (κ2) is 13.0. The van der Waals surface area contributed by atoms with Gasteiger partial charge in [-0.1, -0.05) is 63.7 Å². The van der Waals surface area contributed by atoms with E-state index in [-0.39, 0.29) is 29.9 Å². The van der Waals surface area contributed by atoms with E-state index in [2.05, 4.69) is 18.7 Å². The molecular formula is C34H38FN3O4. The smallest absolute Gasteiger partial charge is 0.337 e. The Morgan fingerprint density at radius 3 is 2.64 bits per heavy atom. The maximum atomic E-state index is 15.5. The van der Waals surface area contributed by atoms with Crippen molar-refractivity contribution >= 4 is 29.2 Å². The number of hydrogen-bond donors (Lipinski definition) is 0. The monoisotopic (exact) mass is 571 g/mol. The Hall–Kier alpha value is -4.46. The molecule has 0 fully saturated rings. The predicted molar refractivity (Wildman–Crippen MR) is 164 cm³/mol. The Morgan fingerprint density at radius 1 is 1.19 bits per heavy atom. The summed E-state index contributed by atoms with van der Waals surface area (Å²) in [5.74, 6) is -0.696. The summed E-state index contributed by atoms with van der Waals surface area (Å²) in [6.45, 7) is 12.7. The third-order valence-corrected chi connectivity index (χ3v) is 7.68. The molecule has 1 amide bonds. The molecule has 3 aliphatic heterocycles. The zero-order valence-corrected chi connectivity index (χ0v) is 25.2. The van der Waals surface area contributed by atoms with Crippen molar-refractivity contribution in [1.82, 2.24) is 9.80 Å². The molecule has 1 unspecified atom stereocenters. The lowest BCUT2D eigenvalue weighted by atomic mass is 9.93. The Bertz CT molecular complexity index is 1540. The molecule has 3 aliphatic rings. The molecular weight excluding hydrogens is 533 g/mol. The quantitative estimate of drug-likeness (QED) is 0.384. The van der Waals surface area contributed by atoms with E-state index < -0.39 is 11.8 Å². The molecule has 5 rings (SSSR count). The number of carbonyl (C=O) groups excluding carboxylic acids is 2. The number of fused-ring (bicyclic) bond motifs is 2. The minimum atomic E-state index is -0.578. The summed E-state index contributed by atoms with van der Waals surface area (Å²) >= 11 is 0. The average molecular weight is 572 g/mol. The summed E-state index contributed by atoms with van der Waals surface area (Å²) < 4.78 is 25.9. The van der Waals surface area contributed by atoms with Crippen LogP contribution in [0, 0.1) is 5.82 Å². The van der Waals surface area contributed by atoms with E-state index in [0.29, 0.717) is 41.2 Å². The molecule has 0 aromatic heterocycles. The summed E-state index contributed by atoms with van der Waals surface area (Å²) in [5.41, 5.74) is 5.05. The van der Waals surface area contributed by atoms with E-state index in [9.17, 15) is 9.59 Å². The third-order valence-electron chi connectivity index (χ3n) is 7.68. The van der Waals surface area contributed by atoms with Crippen molar-refractivity contribution in [3.8, 4) is 5.75 Å². The van der Waals surface area contributed by atoms with E-state index in [1.54, 1.807) is 24.3 Å². The Balaban J connectivity index is 0.00000198. The Kier molecular flexibility index (Phi) is 9.45. The number of aliphatic imine (C=N–C) groups is 1. The zero-order valence-electron chi connectivity index (χ0n) is 25.2. The number of nitrogens with zero attached hydrogens (tertiary/aromatic N) is 3. The molecule has 3 heterocycles. The average Bonchev–Trinajstić information content (AvgIpc) is 3.02. The first-order chi connectivity index (χ1) is 20.2. The van der Waals surface area contributed by atoms with Gasteiger partial charge < -0.3 is 19.3 Å². The number of hydrogen-bond acceptors (Lipinski definition) is 6. The van der Waals surface area contributed by atoms with Crippen LogP contribution >= 0.6 is 0 Å². The van der Waals surface area contributed by atoms with Gasteiger partial charge in [-0.25, -0.2) is 14.2 Å². The highest BCUT2D eigenvalue weighted by Gasteiger charge is 2.31. The van der Waals surface area contributed by atoms with Crippen LogP contribution in [0.5, 0.6) is 5.75 Å². The second-order valence-corrected chi connectivity index (χ2v) is 9.99. The lowest BCUT2D eigenvalue weighted by Gasteiger charge is -2.36. The van der Waals surface area contributed by atoms with Gasteiger partial charge in [-0.15, -0.1) is 0 Å². The van der Waals surface area contributed by atoms with Gasteiger partial charge >= 0.3 is 5.97 Å². The SMILES string of the molecule is C=C(/C=C1/N=C(C(=O)N2CCc3ccccc3C2C)C=C(CC)N1C)c1ccc2c(c1F)OCC(C(=O)OC)=C2.CC. The molecule has 2 aromatic carbocycles. The number of halogens is 1. The van der Waals surface area contributed by atoms with Gasteiger partial charge in [-0.3, -0.25) is 4.79 Å². The highest BCUT2D eigenvalue weighted by atomic mass is 19.1. The van der Waals surface area contributed by atoms with Gasteiger partial charge in [0.1, 0.15) is 18.1 Å². The molecule has 7 nitrogen and oxygen atoms in total. The number of benzene rings is 2. The summed E-state index contributed by atoms with van der Waals surface area (Å²) in [4.78, 5) is 34.0. The van der Waals surface area contributed by atoms with Gasteiger partial charge in [0.15, 0.2) is 11.6 Å². The van der Waals surface area contributed by atoms with E-state index in [0.717, 1.165) is 17.7 Å². The lowest BCUT2D eigenvalue weighted by Crippen LogP contribution is -2.43. The third kappa shape index (κ3) is 5.79. The molecule has 1 atom stereocenters. The number of ether oxygens (including phenoxy) is 2. The van der Waals surface area contributed by atoms with Crippen LogP contribution in [-0.2, 0) is 20.7 Å². The van der Waals surface area contributed by atoms with Crippen LogP contribution in [0.15, 0.2) is 77.2 Å². The summed E-state index contributed by atoms with van der Waals surface area (Å²) in [6, 6.07) is 11.4. The van der Waals surface area contributed by atoms with Gasteiger partial charge in [0.2, 0.25) is 0 Å². The topological polar surface area (TPSA) is 71.4 Å². The summed E-state index contributed by atoms with van der Waals surface area (Å²) in [6.07, 6.45) is 6.54. The van der Waals surface area contributed by atoms with Crippen LogP contribution in [0.1, 0.15) is 62.4 Å². The minimum absolute atomic E-state index is 0.0505. The molecule has 2 aromatic rings. The fourth-order valence-corrected chi connectivity index (χ4v) is 5.35. The normalized spacial score (nSPS) is 18.3. The number of carbonyl (C=O) groups is 2. The van der Waals surface area contributed by atoms with Gasteiger partial charge in [-0.05, 0) is 54.7 Å². The lowest BCUT2D eigenvalue weighted by molar-refractivity contribution is -0.136. The molecule has 0 bridgehead atoms. The van der Waals surface area contributed by atoms with Gasteiger partial charge in [0.25, 0.3) is 5.91 Å². The second-order valence-electron chi connectivity index (χ2n) is 9.99. The standard InChI is InChI=1S/C32H32FN3O4.C2H6/c1-6-24-17-27(31(37)36-14-13-21-9-7-8-10-26(21)20(36)3)34-28(35(24)4)15-19(2)25-12-11-22-16-23(32(38)39-5)18-40-30(22)29(25)33;1-2/h7-12,15-17,20H,2,6,13-14,18H2,1,3-5H3;1-2H3/b28-15-;. The predicted octanol–water partition coefficient (Wildman–Crippen LogP) is 6.48. The molecule has 8 heteroatoms. The van der Waals surface area contributed by atoms with Crippen LogP contribution in [0.3, 0.4) is 0 Å². The fraction of sp³-hybridized carbons (Fsp3) is 0.324. The van der Waals surface area contributed by atoms with E-state index >= 15 is 4.39 Å². The first-order valence-corrected chi connectivity index (χ1v) is 14.3. The maximum Gasteiger partial charge on any atom is 0.337 e. The fourth-order valence-electron chi connectivity index (χ4n) is 5.35. The van der Waals surface area contributed by atoms with Crippen LogP contribution in [0.4, 0.5) is 4.39 Å². The summed E-state index contributed by atoms with van der Waals surface area (Å²) in [7, 11) is 3.15. The van der Waals surface area contributed by atoms with Crippen LogP contribution in [0.2, 0.25) is 0 Å². The molecule has 0 radical (unpaired) electrons. The molecule has 0 saturated heterocycles. The Labute approximate surface area is 247 Å². The number of amides is 1. The van der Waals surface area contributed by atoms with Gasteiger partial charge in [0.05, 0.1) is 18.7 Å². The first-order valence-electron chi connectivity index (χ1n) is 14.3. The van der Waals surface area contributed by atoms with E-state index in [4.69, 9.17) is 14.5 Å². The zero-order chi connectivity index (χ0) is 30.6. The van der Waals surface area contributed by atoms with Crippen LogP contribution in [0.25, 0.3) is 11.6 Å². The molecule has 0 N–H and O–H groups in total. The number of esters is 1. The van der Waals surface area contributed by atoms with Crippen molar-refractivity contribution in [3.05, 3.63) is 100 Å². The molecule has 42 heavy (non-hydrogen) atoms. The Morgan fingerprint density at radius 2 is 1.93 bits per heavy atom. The number of methoxy groups -OCH3 is 1. The van der Waals surface area contributed by atoms with Crippen LogP contribution in [-0.4, -0.2) is 54.7 Å². The van der Waals surface area contributed by atoms with Crippen LogP contribution < -0.4 is 4.74 Å². The molecule has 0 aliphatic carbocycles. The van der Waals surface area contributed by atoms with Gasteiger partial charge in [-0.2, -0.15) is 0 Å². The van der Waals surface area contributed by atoms with E-state index in [1.165, 1.54) is 12.7 Å². The minimum Gasteiger partial charge on any atom is -0.485 e. The molecule has 220 valence electrons. The first kappa shape index (κ1) is 30.5. The van der Waals surface area contributed by atoms with Crippen molar-refractivity contribution in [2.45, 2.75) is 46.6 Å². The van der Waals surface area contributed by atoms with Crippen molar-refractivity contribution < 1.29 is 23.5 Å². The number of rotatable bonds is 5.